The van der Waals surface area contributed by atoms with E-state index in [9.17, 15) is 9.90 Å². The van der Waals surface area contributed by atoms with Crippen molar-refractivity contribution in [3.05, 3.63) is 47.3 Å². The average molecular weight is 341 g/mol. The zero-order chi connectivity index (χ0) is 17.3. The fourth-order valence-electron chi connectivity index (χ4n) is 3.82. The number of benzene rings is 1. The standard InChI is InChI=1S/C18H23N5O2/c24-17(23-9-5-14-3-1-2-4-15(14)12-23)6-8-22-10-7-18(25,13-22)16-11-19-21-20-16/h1-4,11,25H,5-10,12-13H2,(H,19,20,21)/t18-/m0/s1. The molecule has 3 heterocycles. The Morgan fingerprint density at radius 3 is 2.92 bits per heavy atom. The number of H-pyrrole nitrogens is 1. The van der Waals surface area contributed by atoms with E-state index in [4.69, 9.17) is 0 Å². The molecule has 7 heteroatoms. The van der Waals surface area contributed by atoms with Gasteiger partial charge in [-0.3, -0.25) is 9.69 Å². The zero-order valence-corrected chi connectivity index (χ0v) is 14.2. The van der Waals surface area contributed by atoms with Crippen LogP contribution >= 0.6 is 0 Å². The molecule has 0 spiro atoms. The average Bonchev–Trinajstić information content (AvgIpc) is 3.30. The van der Waals surface area contributed by atoms with Gasteiger partial charge in [0.05, 0.1) is 6.20 Å². The first-order chi connectivity index (χ1) is 12.1. The maximum atomic E-state index is 12.6. The van der Waals surface area contributed by atoms with E-state index in [1.165, 1.54) is 11.1 Å². The van der Waals surface area contributed by atoms with Crippen LogP contribution in [-0.2, 0) is 23.4 Å². The topological polar surface area (TPSA) is 85.3 Å². The summed E-state index contributed by atoms with van der Waals surface area (Å²) in [5, 5.41) is 21.0. The highest BCUT2D eigenvalue weighted by molar-refractivity contribution is 5.76. The number of aromatic amines is 1. The Balaban J connectivity index is 1.30. The van der Waals surface area contributed by atoms with Gasteiger partial charge in [-0.15, -0.1) is 0 Å². The van der Waals surface area contributed by atoms with Gasteiger partial charge in [0, 0.05) is 39.1 Å². The van der Waals surface area contributed by atoms with E-state index in [0.717, 1.165) is 19.5 Å². The lowest BCUT2D eigenvalue weighted by Gasteiger charge is -2.29. The van der Waals surface area contributed by atoms with Gasteiger partial charge in [0.15, 0.2) is 0 Å². The van der Waals surface area contributed by atoms with Crippen molar-refractivity contribution in [2.75, 3.05) is 26.2 Å². The van der Waals surface area contributed by atoms with Crippen molar-refractivity contribution in [2.24, 2.45) is 0 Å². The number of rotatable bonds is 4. The number of likely N-dealkylation sites (tertiary alicyclic amines) is 1. The number of amides is 1. The van der Waals surface area contributed by atoms with Gasteiger partial charge in [-0.2, -0.15) is 15.4 Å². The summed E-state index contributed by atoms with van der Waals surface area (Å²) >= 11 is 0. The normalized spacial score (nSPS) is 23.6. The summed E-state index contributed by atoms with van der Waals surface area (Å²) in [7, 11) is 0. The second kappa shape index (κ2) is 6.57. The third-order valence-corrected chi connectivity index (χ3v) is 5.34. The van der Waals surface area contributed by atoms with Crippen molar-refractivity contribution in [1.82, 2.24) is 25.2 Å². The highest BCUT2D eigenvalue weighted by atomic mass is 16.3. The molecule has 0 saturated carbocycles. The van der Waals surface area contributed by atoms with Crippen LogP contribution in [0.3, 0.4) is 0 Å². The van der Waals surface area contributed by atoms with Crippen molar-refractivity contribution in [3.8, 4) is 0 Å². The SMILES string of the molecule is O=C(CCN1CC[C@@](O)(c2cn[nH]n2)C1)N1CCc2ccccc2C1. The molecule has 1 aromatic carbocycles. The van der Waals surface area contributed by atoms with Gasteiger partial charge in [-0.05, 0) is 24.0 Å². The molecule has 1 amide bonds. The molecule has 25 heavy (non-hydrogen) atoms. The van der Waals surface area contributed by atoms with E-state index in [0.29, 0.717) is 38.2 Å². The number of aromatic nitrogens is 3. The number of hydrogen-bond donors (Lipinski definition) is 2. The van der Waals surface area contributed by atoms with Crippen LogP contribution < -0.4 is 0 Å². The summed E-state index contributed by atoms with van der Waals surface area (Å²) in [4.78, 5) is 16.6. The fraction of sp³-hybridized carbons (Fsp3) is 0.500. The molecule has 1 aromatic heterocycles. The lowest BCUT2D eigenvalue weighted by Crippen LogP contribution is -2.38. The number of nitrogens with one attached hydrogen (secondary N) is 1. The van der Waals surface area contributed by atoms with Gasteiger partial charge in [-0.25, -0.2) is 0 Å². The van der Waals surface area contributed by atoms with Crippen LogP contribution in [-0.4, -0.2) is 62.4 Å². The molecule has 132 valence electrons. The molecular formula is C18H23N5O2. The van der Waals surface area contributed by atoms with Crippen LogP contribution in [0.5, 0.6) is 0 Å². The Morgan fingerprint density at radius 1 is 1.28 bits per heavy atom. The molecule has 2 aliphatic rings. The number of β-amino-alcohol motifs (C(OH)–C–C–N with tert-alkyl or cyclic N) is 1. The van der Waals surface area contributed by atoms with E-state index in [2.05, 4.69) is 38.5 Å². The summed E-state index contributed by atoms with van der Waals surface area (Å²) in [5.74, 6) is 0.186. The molecule has 2 N–H and O–H groups in total. The molecule has 0 unspecified atom stereocenters. The van der Waals surface area contributed by atoms with Crippen molar-refractivity contribution in [1.29, 1.82) is 0 Å². The van der Waals surface area contributed by atoms with Crippen molar-refractivity contribution in [2.45, 2.75) is 31.4 Å². The molecule has 2 aromatic rings. The molecule has 0 aliphatic carbocycles. The Morgan fingerprint density at radius 2 is 2.12 bits per heavy atom. The lowest BCUT2D eigenvalue weighted by atomic mass is 9.99. The Labute approximate surface area is 146 Å². The molecule has 1 fully saturated rings. The first kappa shape index (κ1) is 16.2. The number of aliphatic hydroxyl groups is 1. The van der Waals surface area contributed by atoms with Crippen LogP contribution in [0.4, 0.5) is 0 Å². The highest BCUT2D eigenvalue weighted by Gasteiger charge is 2.39. The fourth-order valence-corrected chi connectivity index (χ4v) is 3.82. The molecule has 2 aliphatic heterocycles. The van der Waals surface area contributed by atoms with Gasteiger partial charge in [0.25, 0.3) is 0 Å². The van der Waals surface area contributed by atoms with Gasteiger partial charge in [0.1, 0.15) is 11.3 Å². The van der Waals surface area contributed by atoms with E-state index < -0.39 is 5.60 Å². The van der Waals surface area contributed by atoms with Gasteiger partial charge in [-0.1, -0.05) is 24.3 Å². The second-order valence-electron chi connectivity index (χ2n) is 7.00. The lowest BCUT2D eigenvalue weighted by molar-refractivity contribution is -0.132. The number of hydrogen-bond acceptors (Lipinski definition) is 5. The number of nitrogens with zero attached hydrogens (tertiary/aromatic N) is 4. The summed E-state index contributed by atoms with van der Waals surface area (Å²) < 4.78 is 0. The largest absolute Gasteiger partial charge is 0.382 e. The molecule has 1 saturated heterocycles. The minimum Gasteiger partial charge on any atom is -0.382 e. The predicted molar refractivity (Wildman–Crippen MR) is 91.5 cm³/mol. The first-order valence-corrected chi connectivity index (χ1v) is 8.80. The predicted octanol–water partition coefficient (Wildman–Crippen LogP) is 0.673. The Bertz CT molecular complexity index is 748. The summed E-state index contributed by atoms with van der Waals surface area (Å²) in [5.41, 5.74) is 2.22. The van der Waals surface area contributed by atoms with Crippen molar-refractivity contribution >= 4 is 5.91 Å². The van der Waals surface area contributed by atoms with Crippen LogP contribution in [0.2, 0.25) is 0 Å². The first-order valence-electron chi connectivity index (χ1n) is 8.80. The minimum absolute atomic E-state index is 0.186. The molecular weight excluding hydrogens is 318 g/mol. The van der Waals surface area contributed by atoms with Crippen LogP contribution in [0.1, 0.15) is 29.7 Å². The Kier molecular flexibility index (Phi) is 4.27. The van der Waals surface area contributed by atoms with Crippen molar-refractivity contribution < 1.29 is 9.90 Å². The van der Waals surface area contributed by atoms with E-state index in [-0.39, 0.29) is 5.91 Å². The molecule has 0 bridgehead atoms. The van der Waals surface area contributed by atoms with Gasteiger partial charge >= 0.3 is 0 Å². The smallest absolute Gasteiger partial charge is 0.224 e. The number of carbonyl (C=O) groups is 1. The van der Waals surface area contributed by atoms with Crippen LogP contribution in [0.25, 0.3) is 0 Å². The van der Waals surface area contributed by atoms with Crippen LogP contribution in [0.15, 0.2) is 30.5 Å². The molecule has 7 nitrogen and oxygen atoms in total. The monoisotopic (exact) mass is 341 g/mol. The molecule has 4 rings (SSSR count). The third kappa shape index (κ3) is 3.29. The molecule has 0 radical (unpaired) electrons. The van der Waals surface area contributed by atoms with E-state index >= 15 is 0 Å². The second-order valence-corrected chi connectivity index (χ2v) is 7.00. The quantitative estimate of drug-likeness (QED) is 0.854. The van der Waals surface area contributed by atoms with Crippen LogP contribution in [0, 0.1) is 0 Å². The van der Waals surface area contributed by atoms with E-state index in [1.54, 1.807) is 6.20 Å². The minimum atomic E-state index is -0.958. The summed E-state index contributed by atoms with van der Waals surface area (Å²) in [6.45, 7) is 3.42. The van der Waals surface area contributed by atoms with Gasteiger partial charge in [0.2, 0.25) is 5.91 Å². The maximum absolute atomic E-state index is 12.6. The highest BCUT2D eigenvalue weighted by Crippen LogP contribution is 2.30. The summed E-state index contributed by atoms with van der Waals surface area (Å²) in [6.07, 6.45) is 3.60. The Hall–Kier alpha value is -2.25. The molecule has 1 atom stereocenters. The number of fused-ring (bicyclic) bond motifs is 1. The van der Waals surface area contributed by atoms with Crippen molar-refractivity contribution in [3.63, 3.8) is 0 Å². The summed E-state index contributed by atoms with van der Waals surface area (Å²) in [6, 6.07) is 8.33. The number of carbonyl (C=O) groups excluding carboxylic acids is 1. The van der Waals surface area contributed by atoms with E-state index in [1.807, 2.05) is 11.0 Å². The maximum Gasteiger partial charge on any atom is 0.224 e. The third-order valence-electron chi connectivity index (χ3n) is 5.34. The van der Waals surface area contributed by atoms with Gasteiger partial charge < -0.3 is 10.0 Å². The zero-order valence-electron chi connectivity index (χ0n) is 14.2.